The van der Waals surface area contributed by atoms with Gasteiger partial charge < -0.3 is 4.90 Å². The molecule has 1 amide bonds. The molecule has 1 saturated carbocycles. The lowest BCUT2D eigenvalue weighted by molar-refractivity contribution is -0.384. The number of fused-ring (bicyclic) bond motifs is 1. The van der Waals surface area contributed by atoms with E-state index in [2.05, 4.69) is 0 Å². The number of nitrogens with zero attached hydrogens (tertiary/aromatic N) is 2. The van der Waals surface area contributed by atoms with Gasteiger partial charge >= 0.3 is 0 Å². The Morgan fingerprint density at radius 2 is 1.76 bits per heavy atom. The number of benzene rings is 1. The van der Waals surface area contributed by atoms with E-state index in [1.54, 1.807) is 12.1 Å². The van der Waals surface area contributed by atoms with E-state index in [1.807, 2.05) is 4.90 Å². The molecule has 1 aromatic rings. The molecule has 0 aromatic heterocycles. The second kappa shape index (κ2) is 5.84. The van der Waals surface area contributed by atoms with E-state index in [0.717, 1.165) is 19.4 Å². The van der Waals surface area contributed by atoms with Gasteiger partial charge in [0.05, 0.1) is 4.92 Å². The Labute approximate surface area is 124 Å². The van der Waals surface area contributed by atoms with Crippen molar-refractivity contribution in [2.24, 2.45) is 5.92 Å². The second-order valence-corrected chi connectivity index (χ2v) is 6.06. The van der Waals surface area contributed by atoms with Gasteiger partial charge in [-0.3, -0.25) is 14.9 Å². The number of rotatable bonds is 2. The number of non-ortho nitro benzene ring substituents is 1. The minimum Gasteiger partial charge on any atom is -0.335 e. The molecule has 1 saturated heterocycles. The Kier molecular flexibility index (Phi) is 3.90. The van der Waals surface area contributed by atoms with Crippen LogP contribution >= 0.6 is 0 Å². The zero-order chi connectivity index (χ0) is 14.8. The van der Waals surface area contributed by atoms with Crippen molar-refractivity contribution in [1.29, 1.82) is 0 Å². The number of carbonyl (C=O) groups excluding carboxylic acids is 1. The number of hydrogen-bond acceptors (Lipinski definition) is 3. The molecule has 5 nitrogen and oxygen atoms in total. The molecule has 3 rings (SSSR count). The predicted octanol–water partition coefficient (Wildman–Crippen LogP) is 3.39. The van der Waals surface area contributed by atoms with Crippen molar-refractivity contribution < 1.29 is 9.72 Å². The molecule has 0 radical (unpaired) electrons. The SMILES string of the molecule is O=C(c1ccc([N+](=O)[O-])cc1)N1CCC[C@@H]2CCCC[C@H]21. The molecule has 1 aliphatic carbocycles. The molecule has 2 aliphatic rings. The average Bonchev–Trinajstić information content (AvgIpc) is 2.53. The Hall–Kier alpha value is -1.91. The van der Waals surface area contributed by atoms with E-state index in [-0.39, 0.29) is 11.6 Å². The molecule has 21 heavy (non-hydrogen) atoms. The molecule has 5 heteroatoms. The van der Waals surface area contributed by atoms with E-state index >= 15 is 0 Å². The van der Waals surface area contributed by atoms with Crippen molar-refractivity contribution in [3.63, 3.8) is 0 Å². The van der Waals surface area contributed by atoms with Crippen molar-refractivity contribution in [3.05, 3.63) is 39.9 Å². The van der Waals surface area contributed by atoms with Crippen LogP contribution in [0.1, 0.15) is 48.9 Å². The molecular weight excluding hydrogens is 268 g/mol. The van der Waals surface area contributed by atoms with Gasteiger partial charge in [-0.2, -0.15) is 0 Å². The molecule has 112 valence electrons. The number of hydrogen-bond donors (Lipinski definition) is 0. The highest BCUT2D eigenvalue weighted by atomic mass is 16.6. The third kappa shape index (κ3) is 2.77. The Balaban J connectivity index is 1.78. The predicted molar refractivity (Wildman–Crippen MR) is 79.1 cm³/mol. The van der Waals surface area contributed by atoms with Crippen molar-refractivity contribution >= 4 is 11.6 Å². The van der Waals surface area contributed by atoms with Crippen LogP contribution in [0.5, 0.6) is 0 Å². The Morgan fingerprint density at radius 1 is 1.10 bits per heavy atom. The van der Waals surface area contributed by atoms with Crippen LogP contribution < -0.4 is 0 Å². The summed E-state index contributed by atoms with van der Waals surface area (Å²) in [4.78, 5) is 24.9. The Morgan fingerprint density at radius 3 is 2.48 bits per heavy atom. The van der Waals surface area contributed by atoms with Crippen LogP contribution in [-0.2, 0) is 0 Å². The molecular formula is C16H20N2O3. The lowest BCUT2D eigenvalue weighted by atomic mass is 9.78. The fourth-order valence-corrected chi connectivity index (χ4v) is 3.77. The van der Waals surface area contributed by atoms with Gasteiger partial charge in [0.25, 0.3) is 11.6 Å². The molecule has 2 fully saturated rings. The van der Waals surface area contributed by atoms with Gasteiger partial charge in [-0.15, -0.1) is 0 Å². The monoisotopic (exact) mass is 288 g/mol. The maximum absolute atomic E-state index is 12.7. The molecule has 1 heterocycles. The van der Waals surface area contributed by atoms with Crippen LogP contribution in [0.4, 0.5) is 5.69 Å². The fraction of sp³-hybridized carbons (Fsp3) is 0.562. The van der Waals surface area contributed by atoms with Gasteiger partial charge in [0.2, 0.25) is 0 Å². The zero-order valence-electron chi connectivity index (χ0n) is 12.0. The third-order valence-electron chi connectivity index (χ3n) is 4.83. The molecule has 0 N–H and O–H groups in total. The molecule has 0 spiro atoms. The summed E-state index contributed by atoms with van der Waals surface area (Å²) < 4.78 is 0. The topological polar surface area (TPSA) is 63.4 Å². The lowest BCUT2D eigenvalue weighted by Gasteiger charge is -2.44. The van der Waals surface area contributed by atoms with E-state index < -0.39 is 4.92 Å². The molecule has 1 aromatic carbocycles. The van der Waals surface area contributed by atoms with Gasteiger partial charge in [0, 0.05) is 30.3 Å². The Bertz CT molecular complexity index is 539. The molecule has 1 aliphatic heterocycles. The highest BCUT2D eigenvalue weighted by Crippen LogP contribution is 2.36. The summed E-state index contributed by atoms with van der Waals surface area (Å²) in [6.07, 6.45) is 7.11. The first kappa shape index (κ1) is 14.0. The summed E-state index contributed by atoms with van der Waals surface area (Å²) >= 11 is 0. The zero-order valence-corrected chi connectivity index (χ0v) is 12.0. The summed E-state index contributed by atoms with van der Waals surface area (Å²) in [7, 11) is 0. The smallest absolute Gasteiger partial charge is 0.269 e. The average molecular weight is 288 g/mol. The second-order valence-electron chi connectivity index (χ2n) is 6.06. The summed E-state index contributed by atoms with van der Waals surface area (Å²) in [5.74, 6) is 0.677. The molecule has 2 atom stereocenters. The van der Waals surface area contributed by atoms with Crippen LogP contribution in [0.3, 0.4) is 0 Å². The van der Waals surface area contributed by atoms with E-state index in [0.29, 0.717) is 17.5 Å². The molecule has 0 unspecified atom stereocenters. The fourth-order valence-electron chi connectivity index (χ4n) is 3.77. The highest BCUT2D eigenvalue weighted by molar-refractivity contribution is 5.94. The maximum Gasteiger partial charge on any atom is 0.269 e. The van der Waals surface area contributed by atoms with E-state index in [1.165, 1.54) is 37.8 Å². The van der Waals surface area contributed by atoms with Crippen molar-refractivity contribution in [1.82, 2.24) is 4.90 Å². The summed E-state index contributed by atoms with van der Waals surface area (Å²) in [6, 6.07) is 6.35. The van der Waals surface area contributed by atoms with Crippen molar-refractivity contribution in [2.45, 2.75) is 44.6 Å². The largest absolute Gasteiger partial charge is 0.335 e. The minimum absolute atomic E-state index is 0.0285. The van der Waals surface area contributed by atoms with Crippen molar-refractivity contribution in [2.75, 3.05) is 6.54 Å². The summed E-state index contributed by atoms with van der Waals surface area (Å²) in [6.45, 7) is 0.816. The normalized spacial score (nSPS) is 25.2. The summed E-state index contributed by atoms with van der Waals surface area (Å²) in [5, 5.41) is 10.7. The number of carbonyl (C=O) groups is 1. The lowest BCUT2D eigenvalue weighted by Crippen LogP contribution is -2.49. The van der Waals surface area contributed by atoms with E-state index in [4.69, 9.17) is 0 Å². The number of piperidine rings is 1. The van der Waals surface area contributed by atoms with Gasteiger partial charge in [0.1, 0.15) is 0 Å². The quantitative estimate of drug-likeness (QED) is 0.619. The summed E-state index contributed by atoms with van der Waals surface area (Å²) in [5.41, 5.74) is 0.590. The molecule has 0 bridgehead atoms. The first-order chi connectivity index (χ1) is 10.2. The van der Waals surface area contributed by atoms with Gasteiger partial charge in [-0.05, 0) is 43.7 Å². The standard InChI is InChI=1S/C16H20N2O3/c19-16(13-7-9-14(10-8-13)18(20)21)17-11-3-5-12-4-1-2-6-15(12)17/h7-10,12,15H,1-6,11H2/t12-,15+/m0/s1. The first-order valence-corrected chi connectivity index (χ1v) is 7.72. The van der Waals surface area contributed by atoms with Crippen LogP contribution in [-0.4, -0.2) is 28.3 Å². The van der Waals surface area contributed by atoms with E-state index in [9.17, 15) is 14.9 Å². The first-order valence-electron chi connectivity index (χ1n) is 7.72. The van der Waals surface area contributed by atoms with Gasteiger partial charge in [-0.1, -0.05) is 12.8 Å². The maximum atomic E-state index is 12.7. The number of nitro groups is 1. The number of amides is 1. The van der Waals surface area contributed by atoms with Crippen LogP contribution in [0.15, 0.2) is 24.3 Å². The third-order valence-corrected chi connectivity index (χ3v) is 4.83. The van der Waals surface area contributed by atoms with Gasteiger partial charge in [-0.25, -0.2) is 0 Å². The highest BCUT2D eigenvalue weighted by Gasteiger charge is 2.35. The number of likely N-dealkylation sites (tertiary alicyclic amines) is 1. The van der Waals surface area contributed by atoms with Crippen LogP contribution in [0, 0.1) is 16.0 Å². The number of nitro benzene ring substituents is 1. The van der Waals surface area contributed by atoms with Crippen LogP contribution in [0.2, 0.25) is 0 Å². The minimum atomic E-state index is -0.438. The van der Waals surface area contributed by atoms with Crippen LogP contribution in [0.25, 0.3) is 0 Å². The van der Waals surface area contributed by atoms with Crippen molar-refractivity contribution in [3.8, 4) is 0 Å². The van der Waals surface area contributed by atoms with Gasteiger partial charge in [0.15, 0.2) is 0 Å².